The Labute approximate surface area is 129 Å². The third-order valence-electron chi connectivity index (χ3n) is 3.10. The monoisotopic (exact) mass is 304 g/mol. The van der Waals surface area contributed by atoms with E-state index in [1.165, 1.54) is 0 Å². The maximum atomic E-state index is 12.3. The van der Waals surface area contributed by atoms with Gasteiger partial charge in [0.25, 0.3) is 5.91 Å². The van der Waals surface area contributed by atoms with Gasteiger partial charge in [-0.1, -0.05) is 17.7 Å². The van der Waals surface area contributed by atoms with Crippen molar-refractivity contribution >= 4 is 28.9 Å². The number of amides is 1. The van der Waals surface area contributed by atoms with Gasteiger partial charge in [0.05, 0.1) is 17.7 Å². The van der Waals surface area contributed by atoms with Crippen molar-refractivity contribution in [3.8, 4) is 5.75 Å². The quantitative estimate of drug-likeness (QED) is 0.899. The summed E-state index contributed by atoms with van der Waals surface area (Å²) in [4.78, 5) is 12.3. The molecule has 2 N–H and O–H groups in total. The molecule has 21 heavy (non-hydrogen) atoms. The van der Waals surface area contributed by atoms with E-state index < -0.39 is 0 Å². The third kappa shape index (κ3) is 3.47. The summed E-state index contributed by atoms with van der Waals surface area (Å²) in [5, 5.41) is 6.30. The van der Waals surface area contributed by atoms with E-state index in [-0.39, 0.29) is 5.91 Å². The highest BCUT2D eigenvalue weighted by Gasteiger charge is 2.12. The molecule has 2 aromatic rings. The lowest BCUT2D eigenvalue weighted by molar-refractivity contribution is 0.102. The van der Waals surface area contributed by atoms with Gasteiger partial charge < -0.3 is 15.4 Å². The van der Waals surface area contributed by atoms with Gasteiger partial charge in [-0.2, -0.15) is 0 Å². The second-order valence-corrected chi connectivity index (χ2v) is 5.01. The van der Waals surface area contributed by atoms with E-state index in [4.69, 9.17) is 16.3 Å². The Hall–Kier alpha value is -2.20. The van der Waals surface area contributed by atoms with Crippen LogP contribution in [0.15, 0.2) is 36.4 Å². The number of carbonyl (C=O) groups excluding carboxylic acids is 1. The number of nitrogens with one attached hydrogen (secondary N) is 2. The SMILES string of the molecule is CNc1cc(C)ccc1C(=O)Nc1ccc(OC)c(Cl)c1. The van der Waals surface area contributed by atoms with Crippen LogP contribution in [0.5, 0.6) is 5.75 Å². The van der Waals surface area contributed by atoms with E-state index in [0.29, 0.717) is 22.0 Å². The van der Waals surface area contributed by atoms with Crippen molar-refractivity contribution in [2.24, 2.45) is 0 Å². The number of aryl methyl sites for hydroxylation is 1. The normalized spacial score (nSPS) is 10.1. The predicted molar refractivity (Wildman–Crippen MR) is 86.7 cm³/mol. The van der Waals surface area contributed by atoms with Gasteiger partial charge in [0.1, 0.15) is 5.75 Å². The summed E-state index contributed by atoms with van der Waals surface area (Å²) < 4.78 is 5.08. The molecule has 0 atom stereocenters. The van der Waals surface area contributed by atoms with Crippen LogP contribution in [-0.2, 0) is 0 Å². The van der Waals surface area contributed by atoms with Crippen molar-refractivity contribution in [3.63, 3.8) is 0 Å². The summed E-state index contributed by atoms with van der Waals surface area (Å²) >= 11 is 6.05. The largest absolute Gasteiger partial charge is 0.495 e. The molecule has 0 aliphatic carbocycles. The Morgan fingerprint density at radius 2 is 1.95 bits per heavy atom. The number of methoxy groups -OCH3 is 1. The van der Waals surface area contributed by atoms with E-state index in [1.54, 1.807) is 38.4 Å². The Balaban J connectivity index is 2.24. The van der Waals surface area contributed by atoms with Gasteiger partial charge in [0.2, 0.25) is 0 Å². The van der Waals surface area contributed by atoms with E-state index in [9.17, 15) is 4.79 Å². The van der Waals surface area contributed by atoms with Crippen LogP contribution in [0.25, 0.3) is 0 Å². The Morgan fingerprint density at radius 3 is 2.57 bits per heavy atom. The number of anilines is 2. The van der Waals surface area contributed by atoms with E-state index in [2.05, 4.69) is 10.6 Å². The Bertz CT molecular complexity index is 671. The molecule has 0 radical (unpaired) electrons. The zero-order valence-electron chi connectivity index (χ0n) is 12.2. The maximum Gasteiger partial charge on any atom is 0.257 e. The minimum atomic E-state index is -0.194. The number of carbonyl (C=O) groups is 1. The van der Waals surface area contributed by atoms with Gasteiger partial charge in [-0.15, -0.1) is 0 Å². The van der Waals surface area contributed by atoms with Gasteiger partial charge >= 0.3 is 0 Å². The van der Waals surface area contributed by atoms with Crippen molar-refractivity contribution in [3.05, 3.63) is 52.5 Å². The van der Waals surface area contributed by atoms with Gasteiger partial charge in [0, 0.05) is 18.4 Å². The van der Waals surface area contributed by atoms with Crippen molar-refractivity contribution in [2.75, 3.05) is 24.8 Å². The highest BCUT2D eigenvalue weighted by atomic mass is 35.5. The average molecular weight is 305 g/mol. The second-order valence-electron chi connectivity index (χ2n) is 4.60. The molecule has 0 heterocycles. The van der Waals surface area contributed by atoms with Crippen molar-refractivity contribution < 1.29 is 9.53 Å². The van der Waals surface area contributed by atoms with Crippen LogP contribution in [0.1, 0.15) is 15.9 Å². The van der Waals surface area contributed by atoms with Crippen molar-refractivity contribution in [2.45, 2.75) is 6.92 Å². The van der Waals surface area contributed by atoms with Crippen LogP contribution in [-0.4, -0.2) is 20.1 Å². The zero-order chi connectivity index (χ0) is 15.4. The summed E-state index contributed by atoms with van der Waals surface area (Å²) in [6, 6.07) is 10.7. The molecule has 0 saturated carbocycles. The van der Waals surface area contributed by atoms with Crippen LogP contribution in [0.3, 0.4) is 0 Å². The number of ether oxygens (including phenoxy) is 1. The molecule has 0 saturated heterocycles. The molecule has 1 amide bonds. The molecule has 0 bridgehead atoms. The molecule has 0 aromatic heterocycles. The molecule has 0 aliphatic heterocycles. The number of hydrogen-bond donors (Lipinski definition) is 2. The fourth-order valence-electron chi connectivity index (χ4n) is 2.01. The van der Waals surface area contributed by atoms with Crippen molar-refractivity contribution in [1.29, 1.82) is 0 Å². The molecule has 0 aliphatic rings. The third-order valence-corrected chi connectivity index (χ3v) is 3.39. The van der Waals surface area contributed by atoms with Crippen molar-refractivity contribution in [1.82, 2.24) is 0 Å². The smallest absolute Gasteiger partial charge is 0.257 e. The highest BCUT2D eigenvalue weighted by Crippen LogP contribution is 2.28. The summed E-state index contributed by atoms with van der Waals surface area (Å²) in [5.41, 5.74) is 3.07. The fourth-order valence-corrected chi connectivity index (χ4v) is 2.26. The van der Waals surface area contributed by atoms with Crippen LogP contribution in [0.2, 0.25) is 5.02 Å². The molecule has 4 nitrogen and oxygen atoms in total. The molecular weight excluding hydrogens is 288 g/mol. The molecule has 0 unspecified atom stereocenters. The summed E-state index contributed by atoms with van der Waals surface area (Å²) in [6.07, 6.45) is 0. The number of halogens is 1. The number of rotatable bonds is 4. The molecule has 0 fully saturated rings. The maximum absolute atomic E-state index is 12.3. The lowest BCUT2D eigenvalue weighted by atomic mass is 10.1. The molecule has 110 valence electrons. The summed E-state index contributed by atoms with van der Waals surface area (Å²) in [6.45, 7) is 1.98. The van der Waals surface area contributed by atoms with Crippen LogP contribution in [0.4, 0.5) is 11.4 Å². The van der Waals surface area contributed by atoms with E-state index in [1.807, 2.05) is 19.1 Å². The van der Waals surface area contributed by atoms with Gasteiger partial charge in [-0.25, -0.2) is 0 Å². The zero-order valence-corrected chi connectivity index (χ0v) is 12.9. The first-order valence-corrected chi connectivity index (χ1v) is 6.86. The summed E-state index contributed by atoms with van der Waals surface area (Å²) in [7, 11) is 3.33. The first-order valence-electron chi connectivity index (χ1n) is 6.48. The molecule has 2 rings (SSSR count). The topological polar surface area (TPSA) is 50.4 Å². The average Bonchev–Trinajstić information content (AvgIpc) is 2.47. The van der Waals surface area contributed by atoms with Gasteiger partial charge in [-0.3, -0.25) is 4.79 Å². The Morgan fingerprint density at radius 1 is 1.19 bits per heavy atom. The number of hydrogen-bond acceptors (Lipinski definition) is 3. The number of benzene rings is 2. The minimum Gasteiger partial charge on any atom is -0.495 e. The molecule has 5 heteroatoms. The lowest BCUT2D eigenvalue weighted by Crippen LogP contribution is -2.14. The van der Waals surface area contributed by atoms with Gasteiger partial charge in [-0.05, 0) is 42.8 Å². The fraction of sp³-hybridized carbons (Fsp3) is 0.188. The van der Waals surface area contributed by atoms with Crippen LogP contribution < -0.4 is 15.4 Å². The minimum absolute atomic E-state index is 0.194. The Kier molecular flexibility index (Phi) is 4.70. The molecular formula is C16H17ClN2O2. The molecule has 0 spiro atoms. The van der Waals surface area contributed by atoms with Crippen LogP contribution >= 0.6 is 11.6 Å². The van der Waals surface area contributed by atoms with Crippen LogP contribution in [0, 0.1) is 6.92 Å². The highest BCUT2D eigenvalue weighted by molar-refractivity contribution is 6.32. The van der Waals surface area contributed by atoms with E-state index in [0.717, 1.165) is 11.3 Å². The molecule has 2 aromatic carbocycles. The van der Waals surface area contributed by atoms with Gasteiger partial charge in [0.15, 0.2) is 0 Å². The predicted octanol–water partition coefficient (Wildman–Crippen LogP) is 3.95. The van der Waals surface area contributed by atoms with E-state index >= 15 is 0 Å². The first kappa shape index (κ1) is 15.2. The standard InChI is InChI=1S/C16H17ClN2O2/c1-10-4-6-12(14(8-10)18-2)16(20)19-11-5-7-15(21-3)13(17)9-11/h4-9,18H,1-3H3,(H,19,20). The summed E-state index contributed by atoms with van der Waals surface area (Å²) in [5.74, 6) is 0.376. The lowest BCUT2D eigenvalue weighted by Gasteiger charge is -2.11. The second kappa shape index (κ2) is 6.50. The first-order chi connectivity index (χ1) is 10.0.